The molecule has 3 aromatic rings. The van der Waals surface area contributed by atoms with Crippen molar-refractivity contribution >= 4 is 22.8 Å². The van der Waals surface area contributed by atoms with Crippen LogP contribution in [0.3, 0.4) is 0 Å². The van der Waals surface area contributed by atoms with Gasteiger partial charge in [0.25, 0.3) is 0 Å². The second-order valence-electron chi connectivity index (χ2n) is 8.35. The van der Waals surface area contributed by atoms with Crippen LogP contribution in [0, 0.1) is 0 Å². The first kappa shape index (κ1) is 22.5. The smallest absolute Gasteiger partial charge is 0.116 e. The van der Waals surface area contributed by atoms with Gasteiger partial charge in [-0.1, -0.05) is 31.7 Å². The van der Waals surface area contributed by atoms with Crippen LogP contribution in [0.2, 0.25) is 0 Å². The number of piperidine rings is 1. The number of allylic oxidation sites excluding steroid dienone is 2. The second-order valence-corrected chi connectivity index (χ2v) is 8.35. The van der Waals surface area contributed by atoms with Gasteiger partial charge in [0.05, 0.1) is 23.1 Å². The first-order chi connectivity index (χ1) is 16.0. The molecule has 0 atom stereocenters. The minimum absolute atomic E-state index is 0.243. The summed E-state index contributed by atoms with van der Waals surface area (Å²) in [6.07, 6.45) is 11.3. The SMILES string of the molecule is C=C(N)/N=C\C(=C/C)NC(=C)c1n[nH]c2ccc(-c3cncc(CN4CCCCC4)c3)cc12. The fourth-order valence-electron chi connectivity index (χ4n) is 4.10. The molecule has 0 bridgehead atoms. The predicted octanol–water partition coefficient (Wildman–Crippen LogP) is 4.58. The molecular weight excluding hydrogens is 410 g/mol. The lowest BCUT2D eigenvalue weighted by atomic mass is 10.0. The molecule has 33 heavy (non-hydrogen) atoms. The predicted molar refractivity (Wildman–Crippen MR) is 136 cm³/mol. The number of aromatic nitrogens is 3. The van der Waals surface area contributed by atoms with E-state index in [1.54, 1.807) is 6.21 Å². The maximum absolute atomic E-state index is 5.54. The third kappa shape index (κ3) is 5.56. The van der Waals surface area contributed by atoms with Crippen molar-refractivity contribution in [3.05, 3.63) is 78.7 Å². The summed E-state index contributed by atoms with van der Waals surface area (Å²) in [5.41, 5.74) is 12.1. The van der Waals surface area contributed by atoms with Crippen molar-refractivity contribution in [1.29, 1.82) is 0 Å². The number of pyridine rings is 1. The summed E-state index contributed by atoms with van der Waals surface area (Å²) in [7, 11) is 0. The maximum atomic E-state index is 5.54. The van der Waals surface area contributed by atoms with Gasteiger partial charge in [0.15, 0.2) is 0 Å². The van der Waals surface area contributed by atoms with Crippen molar-refractivity contribution in [3.63, 3.8) is 0 Å². The third-order valence-corrected chi connectivity index (χ3v) is 5.81. The molecule has 2 aromatic heterocycles. The van der Waals surface area contributed by atoms with E-state index < -0.39 is 0 Å². The van der Waals surface area contributed by atoms with Gasteiger partial charge >= 0.3 is 0 Å². The molecule has 3 heterocycles. The van der Waals surface area contributed by atoms with Crippen LogP contribution in [0.15, 0.2) is 72.4 Å². The molecule has 0 amide bonds. The van der Waals surface area contributed by atoms with E-state index in [0.29, 0.717) is 5.70 Å². The molecular formula is C26H31N7. The lowest BCUT2D eigenvalue weighted by molar-refractivity contribution is 0.220. The number of H-pyrrole nitrogens is 1. The fourth-order valence-corrected chi connectivity index (χ4v) is 4.10. The van der Waals surface area contributed by atoms with Gasteiger partial charge in [-0.2, -0.15) is 5.10 Å². The Labute approximate surface area is 194 Å². The van der Waals surface area contributed by atoms with Gasteiger partial charge in [-0.05, 0) is 62.2 Å². The van der Waals surface area contributed by atoms with Crippen molar-refractivity contribution in [2.24, 2.45) is 10.7 Å². The van der Waals surface area contributed by atoms with Gasteiger partial charge < -0.3 is 11.1 Å². The number of nitrogens with two attached hydrogens (primary N) is 1. The molecule has 1 aliphatic rings. The van der Waals surface area contributed by atoms with E-state index in [4.69, 9.17) is 5.73 Å². The van der Waals surface area contributed by atoms with Crippen LogP contribution in [-0.2, 0) is 6.54 Å². The van der Waals surface area contributed by atoms with E-state index in [1.807, 2.05) is 31.5 Å². The zero-order valence-corrected chi connectivity index (χ0v) is 19.1. The number of nitrogens with zero attached hydrogens (tertiary/aromatic N) is 4. The minimum Gasteiger partial charge on any atom is -0.384 e. The van der Waals surface area contributed by atoms with E-state index in [-0.39, 0.29) is 5.82 Å². The molecule has 7 heteroatoms. The summed E-state index contributed by atoms with van der Waals surface area (Å²) >= 11 is 0. The molecule has 1 saturated heterocycles. The van der Waals surface area contributed by atoms with Crippen molar-refractivity contribution in [2.45, 2.75) is 32.7 Å². The van der Waals surface area contributed by atoms with Crippen LogP contribution >= 0.6 is 0 Å². The van der Waals surface area contributed by atoms with Crippen molar-refractivity contribution in [1.82, 2.24) is 25.4 Å². The lowest BCUT2D eigenvalue weighted by Gasteiger charge is -2.26. The van der Waals surface area contributed by atoms with Gasteiger partial charge in [0.1, 0.15) is 11.5 Å². The number of aliphatic imine (C=N–C) groups is 1. The zero-order chi connectivity index (χ0) is 23.2. The van der Waals surface area contributed by atoms with E-state index in [9.17, 15) is 0 Å². The highest BCUT2D eigenvalue weighted by atomic mass is 15.1. The van der Waals surface area contributed by atoms with E-state index in [0.717, 1.165) is 40.0 Å². The molecule has 0 spiro atoms. The Morgan fingerprint density at radius 3 is 2.76 bits per heavy atom. The van der Waals surface area contributed by atoms with Crippen LogP contribution in [0.5, 0.6) is 0 Å². The molecule has 4 rings (SSSR count). The van der Waals surface area contributed by atoms with Gasteiger partial charge in [0.2, 0.25) is 0 Å². The molecule has 4 N–H and O–H groups in total. The van der Waals surface area contributed by atoms with Crippen molar-refractivity contribution in [3.8, 4) is 11.1 Å². The highest BCUT2D eigenvalue weighted by Gasteiger charge is 2.13. The van der Waals surface area contributed by atoms with E-state index in [2.05, 4.69) is 61.7 Å². The first-order valence-electron chi connectivity index (χ1n) is 11.3. The Bertz CT molecular complexity index is 1210. The summed E-state index contributed by atoms with van der Waals surface area (Å²) in [6.45, 7) is 13.0. The largest absolute Gasteiger partial charge is 0.384 e. The van der Waals surface area contributed by atoms with Crippen LogP contribution in [0.1, 0.15) is 37.4 Å². The molecule has 1 aliphatic heterocycles. The lowest BCUT2D eigenvalue weighted by Crippen LogP contribution is -2.29. The molecule has 170 valence electrons. The number of hydrogen-bond donors (Lipinski definition) is 3. The van der Waals surface area contributed by atoms with Gasteiger partial charge in [0, 0.05) is 29.9 Å². The molecule has 1 fully saturated rings. The summed E-state index contributed by atoms with van der Waals surface area (Å²) in [5, 5.41) is 11.8. The van der Waals surface area contributed by atoms with E-state index in [1.165, 1.54) is 37.9 Å². The maximum Gasteiger partial charge on any atom is 0.116 e. The Balaban J connectivity index is 1.57. The number of nitrogens with one attached hydrogen (secondary N) is 2. The minimum atomic E-state index is 0.243. The fraction of sp³-hybridized carbons (Fsp3) is 0.269. The number of aromatic amines is 1. The number of benzene rings is 1. The number of likely N-dealkylation sites (tertiary alicyclic amines) is 1. The highest BCUT2D eigenvalue weighted by Crippen LogP contribution is 2.28. The van der Waals surface area contributed by atoms with Gasteiger partial charge in [-0.15, -0.1) is 0 Å². The Kier molecular flexibility index (Phi) is 7.00. The normalized spacial score (nSPS) is 15.2. The number of rotatable bonds is 8. The Morgan fingerprint density at radius 2 is 2.00 bits per heavy atom. The quantitative estimate of drug-likeness (QED) is 0.445. The molecule has 1 aromatic carbocycles. The monoisotopic (exact) mass is 441 g/mol. The number of hydrogen-bond acceptors (Lipinski definition) is 6. The molecule has 7 nitrogen and oxygen atoms in total. The van der Waals surface area contributed by atoms with Gasteiger partial charge in [-0.25, -0.2) is 4.99 Å². The van der Waals surface area contributed by atoms with Crippen LogP contribution in [0.4, 0.5) is 0 Å². The molecule has 0 aliphatic carbocycles. The topological polar surface area (TPSA) is 95.2 Å². The number of fused-ring (bicyclic) bond motifs is 1. The standard InChI is InChI=1S/C26H31N7/c1-4-23(16-29-19(3)27)30-18(2)26-24-13-21(8-9-25(24)31-32-26)22-12-20(14-28-15-22)17-33-10-6-5-7-11-33/h4,8-9,12-16,30H,2-3,5-7,10-11,17,27H2,1H3,(H,31,32)/b23-4+,29-16-. The average molecular weight is 442 g/mol. The van der Waals surface area contributed by atoms with Crippen LogP contribution in [-0.4, -0.2) is 39.4 Å². The zero-order valence-electron chi connectivity index (χ0n) is 19.1. The summed E-state index contributed by atoms with van der Waals surface area (Å²) < 4.78 is 0. The average Bonchev–Trinajstić information content (AvgIpc) is 3.26. The first-order valence-corrected chi connectivity index (χ1v) is 11.3. The van der Waals surface area contributed by atoms with Gasteiger partial charge in [-0.3, -0.25) is 15.0 Å². The van der Waals surface area contributed by atoms with Crippen molar-refractivity contribution < 1.29 is 0 Å². The highest BCUT2D eigenvalue weighted by molar-refractivity contribution is 5.94. The molecule has 0 unspecified atom stereocenters. The second kappa shape index (κ2) is 10.3. The summed E-state index contributed by atoms with van der Waals surface area (Å²) in [6, 6.07) is 8.51. The summed E-state index contributed by atoms with van der Waals surface area (Å²) in [5.74, 6) is 0.243. The Morgan fingerprint density at radius 1 is 1.18 bits per heavy atom. The van der Waals surface area contributed by atoms with Crippen LogP contribution < -0.4 is 11.1 Å². The molecule has 0 radical (unpaired) electrons. The third-order valence-electron chi connectivity index (χ3n) is 5.81. The van der Waals surface area contributed by atoms with Crippen LogP contribution in [0.25, 0.3) is 27.7 Å². The van der Waals surface area contributed by atoms with Crippen molar-refractivity contribution in [2.75, 3.05) is 13.1 Å². The van der Waals surface area contributed by atoms with E-state index >= 15 is 0 Å². The molecule has 0 saturated carbocycles. The summed E-state index contributed by atoms with van der Waals surface area (Å²) in [4.78, 5) is 11.1. The Hall–Kier alpha value is -3.71.